The fraction of sp³-hybridized carbons (Fsp3) is 0.294. The second-order valence-corrected chi connectivity index (χ2v) is 4.71. The Balaban J connectivity index is 0.00000180. The molecule has 2 aromatic rings. The number of nitrogens with two attached hydrogens (primary N) is 1. The summed E-state index contributed by atoms with van der Waals surface area (Å²) in [6, 6.07) is 21.4. The highest BCUT2D eigenvalue weighted by atomic mass is 35.5. The SMILES string of the molecule is Cl.NCCC(CCc1ccccc1)c1ccccc1. The summed E-state index contributed by atoms with van der Waals surface area (Å²) in [5.74, 6) is 0.580. The summed E-state index contributed by atoms with van der Waals surface area (Å²) < 4.78 is 0. The standard InChI is InChI=1S/C17H21N.ClH/c18-14-13-17(16-9-5-2-6-10-16)12-11-15-7-3-1-4-8-15;/h1-10,17H,11-14,18H2;1H. The van der Waals surface area contributed by atoms with Gasteiger partial charge in [0.1, 0.15) is 0 Å². The minimum Gasteiger partial charge on any atom is -0.330 e. The van der Waals surface area contributed by atoms with Crippen molar-refractivity contribution < 1.29 is 0 Å². The van der Waals surface area contributed by atoms with Crippen molar-refractivity contribution in [1.82, 2.24) is 0 Å². The molecule has 0 aliphatic carbocycles. The van der Waals surface area contributed by atoms with Gasteiger partial charge in [-0.05, 0) is 42.9 Å². The molecule has 102 valence electrons. The lowest BCUT2D eigenvalue weighted by molar-refractivity contribution is 0.584. The molecule has 19 heavy (non-hydrogen) atoms. The second kappa shape index (κ2) is 8.73. The Morgan fingerprint density at radius 1 is 0.789 bits per heavy atom. The first-order valence-electron chi connectivity index (χ1n) is 6.69. The van der Waals surface area contributed by atoms with E-state index in [1.54, 1.807) is 0 Å². The van der Waals surface area contributed by atoms with Crippen LogP contribution >= 0.6 is 12.4 Å². The van der Waals surface area contributed by atoms with Gasteiger partial charge in [0.25, 0.3) is 0 Å². The van der Waals surface area contributed by atoms with Gasteiger partial charge in [0.15, 0.2) is 0 Å². The minimum atomic E-state index is 0. The van der Waals surface area contributed by atoms with Crippen LogP contribution in [-0.2, 0) is 6.42 Å². The molecule has 0 radical (unpaired) electrons. The van der Waals surface area contributed by atoms with Gasteiger partial charge in [-0.2, -0.15) is 0 Å². The van der Waals surface area contributed by atoms with Crippen LogP contribution in [0.15, 0.2) is 60.7 Å². The van der Waals surface area contributed by atoms with Gasteiger partial charge >= 0.3 is 0 Å². The van der Waals surface area contributed by atoms with E-state index in [1.165, 1.54) is 17.5 Å². The van der Waals surface area contributed by atoms with E-state index < -0.39 is 0 Å². The van der Waals surface area contributed by atoms with Gasteiger partial charge in [0.2, 0.25) is 0 Å². The third-order valence-corrected chi connectivity index (χ3v) is 3.41. The molecule has 0 aromatic heterocycles. The van der Waals surface area contributed by atoms with Crippen LogP contribution in [0.2, 0.25) is 0 Å². The summed E-state index contributed by atoms with van der Waals surface area (Å²) in [4.78, 5) is 0. The summed E-state index contributed by atoms with van der Waals surface area (Å²) in [5.41, 5.74) is 8.56. The van der Waals surface area contributed by atoms with Crippen LogP contribution in [-0.4, -0.2) is 6.54 Å². The first-order chi connectivity index (χ1) is 8.90. The molecule has 0 spiro atoms. The van der Waals surface area contributed by atoms with Crippen molar-refractivity contribution in [2.75, 3.05) is 6.54 Å². The molecule has 0 heterocycles. The van der Waals surface area contributed by atoms with Crippen LogP contribution in [0.25, 0.3) is 0 Å². The Morgan fingerprint density at radius 2 is 1.37 bits per heavy atom. The van der Waals surface area contributed by atoms with E-state index in [4.69, 9.17) is 5.73 Å². The van der Waals surface area contributed by atoms with E-state index >= 15 is 0 Å². The van der Waals surface area contributed by atoms with Gasteiger partial charge in [0, 0.05) is 0 Å². The smallest absolute Gasteiger partial charge is 0.00714 e. The van der Waals surface area contributed by atoms with Crippen molar-refractivity contribution in [3.63, 3.8) is 0 Å². The Kier molecular flexibility index (Phi) is 7.24. The van der Waals surface area contributed by atoms with Crippen molar-refractivity contribution in [2.24, 2.45) is 5.73 Å². The minimum absolute atomic E-state index is 0. The first kappa shape index (κ1) is 15.7. The average Bonchev–Trinajstić information content (AvgIpc) is 2.45. The van der Waals surface area contributed by atoms with Crippen molar-refractivity contribution in [3.05, 3.63) is 71.8 Å². The quantitative estimate of drug-likeness (QED) is 0.841. The molecular formula is C17H22ClN. The van der Waals surface area contributed by atoms with Gasteiger partial charge in [-0.1, -0.05) is 60.7 Å². The Hall–Kier alpha value is -1.31. The number of hydrogen-bond donors (Lipinski definition) is 1. The van der Waals surface area contributed by atoms with Gasteiger partial charge < -0.3 is 5.73 Å². The molecule has 0 bridgehead atoms. The molecule has 0 saturated heterocycles. The summed E-state index contributed by atoms with van der Waals surface area (Å²) in [6.45, 7) is 0.758. The highest BCUT2D eigenvalue weighted by Gasteiger charge is 2.10. The first-order valence-corrected chi connectivity index (χ1v) is 6.69. The monoisotopic (exact) mass is 275 g/mol. The molecule has 1 unspecified atom stereocenters. The van der Waals surface area contributed by atoms with Crippen LogP contribution in [0.4, 0.5) is 0 Å². The molecule has 2 aromatic carbocycles. The largest absolute Gasteiger partial charge is 0.330 e. The molecule has 1 atom stereocenters. The van der Waals surface area contributed by atoms with Crippen molar-refractivity contribution >= 4 is 12.4 Å². The number of rotatable bonds is 6. The van der Waals surface area contributed by atoms with Gasteiger partial charge in [-0.25, -0.2) is 0 Å². The fourth-order valence-electron chi connectivity index (χ4n) is 2.39. The van der Waals surface area contributed by atoms with E-state index in [2.05, 4.69) is 60.7 Å². The van der Waals surface area contributed by atoms with Gasteiger partial charge in [-0.15, -0.1) is 12.4 Å². The average molecular weight is 276 g/mol. The highest BCUT2D eigenvalue weighted by Crippen LogP contribution is 2.24. The lowest BCUT2D eigenvalue weighted by Gasteiger charge is -2.16. The molecule has 1 nitrogen and oxygen atoms in total. The Bertz CT molecular complexity index is 441. The number of aryl methyl sites for hydroxylation is 1. The van der Waals surface area contributed by atoms with Crippen LogP contribution < -0.4 is 5.73 Å². The number of benzene rings is 2. The van der Waals surface area contributed by atoms with E-state index in [0.29, 0.717) is 5.92 Å². The predicted molar refractivity (Wildman–Crippen MR) is 84.9 cm³/mol. The molecule has 2 rings (SSSR count). The maximum absolute atomic E-state index is 5.74. The van der Waals surface area contributed by atoms with Crippen LogP contribution in [0.5, 0.6) is 0 Å². The Labute approximate surface area is 122 Å². The maximum atomic E-state index is 5.74. The lowest BCUT2D eigenvalue weighted by Crippen LogP contribution is -2.08. The van der Waals surface area contributed by atoms with Crippen molar-refractivity contribution in [3.8, 4) is 0 Å². The fourth-order valence-corrected chi connectivity index (χ4v) is 2.39. The van der Waals surface area contributed by atoms with Crippen LogP contribution in [0.3, 0.4) is 0 Å². The van der Waals surface area contributed by atoms with Crippen molar-refractivity contribution in [2.45, 2.75) is 25.2 Å². The Morgan fingerprint density at radius 3 is 1.95 bits per heavy atom. The van der Waals surface area contributed by atoms with Crippen molar-refractivity contribution in [1.29, 1.82) is 0 Å². The van der Waals surface area contributed by atoms with E-state index in [-0.39, 0.29) is 12.4 Å². The summed E-state index contributed by atoms with van der Waals surface area (Å²) in [6.07, 6.45) is 3.36. The highest BCUT2D eigenvalue weighted by molar-refractivity contribution is 5.85. The second-order valence-electron chi connectivity index (χ2n) is 4.71. The summed E-state index contributed by atoms with van der Waals surface area (Å²) in [5, 5.41) is 0. The van der Waals surface area contributed by atoms with E-state index in [9.17, 15) is 0 Å². The van der Waals surface area contributed by atoms with Crippen LogP contribution in [0, 0.1) is 0 Å². The maximum Gasteiger partial charge on any atom is -0.00714 e. The molecule has 2 N–H and O–H groups in total. The number of hydrogen-bond acceptors (Lipinski definition) is 1. The zero-order valence-corrected chi connectivity index (χ0v) is 12.0. The molecule has 0 saturated carbocycles. The molecule has 0 fully saturated rings. The molecule has 0 aliphatic rings. The zero-order chi connectivity index (χ0) is 12.6. The van der Waals surface area contributed by atoms with Gasteiger partial charge in [0.05, 0.1) is 0 Å². The molecular weight excluding hydrogens is 254 g/mol. The third kappa shape index (κ3) is 5.06. The van der Waals surface area contributed by atoms with E-state index in [1.807, 2.05) is 0 Å². The lowest BCUT2D eigenvalue weighted by atomic mass is 9.90. The predicted octanol–water partition coefficient (Wildman–Crippen LogP) is 4.17. The summed E-state index contributed by atoms with van der Waals surface area (Å²) in [7, 11) is 0. The van der Waals surface area contributed by atoms with E-state index in [0.717, 1.165) is 19.4 Å². The number of halogens is 1. The third-order valence-electron chi connectivity index (χ3n) is 3.41. The molecule has 0 amide bonds. The molecule has 2 heteroatoms. The molecule has 0 aliphatic heterocycles. The normalized spacial score (nSPS) is 11.6. The zero-order valence-electron chi connectivity index (χ0n) is 11.2. The van der Waals surface area contributed by atoms with Gasteiger partial charge in [-0.3, -0.25) is 0 Å². The summed E-state index contributed by atoms with van der Waals surface area (Å²) >= 11 is 0. The topological polar surface area (TPSA) is 26.0 Å². The van der Waals surface area contributed by atoms with Crippen LogP contribution in [0.1, 0.15) is 29.9 Å².